The van der Waals surface area contributed by atoms with E-state index in [-0.39, 0.29) is 5.91 Å². The van der Waals surface area contributed by atoms with Crippen LogP contribution < -0.4 is 10.2 Å². The second kappa shape index (κ2) is 9.33. The summed E-state index contributed by atoms with van der Waals surface area (Å²) in [5.74, 6) is 0.867. The number of anilines is 2. The minimum absolute atomic E-state index is 0.0703. The van der Waals surface area contributed by atoms with E-state index >= 15 is 0 Å². The molecular weight excluding hydrogens is 364 g/mol. The van der Waals surface area contributed by atoms with Gasteiger partial charge in [0.05, 0.1) is 18.1 Å². The third-order valence-corrected chi connectivity index (χ3v) is 5.75. The van der Waals surface area contributed by atoms with E-state index in [1.165, 1.54) is 45.9 Å². The first-order valence-corrected chi connectivity index (χ1v) is 10.6. The van der Waals surface area contributed by atoms with Crippen molar-refractivity contribution in [2.24, 2.45) is 0 Å². The number of amides is 1. The van der Waals surface area contributed by atoms with Crippen LogP contribution in [0.15, 0.2) is 36.7 Å². The van der Waals surface area contributed by atoms with Gasteiger partial charge in [-0.25, -0.2) is 4.98 Å². The molecule has 0 bridgehead atoms. The smallest absolute Gasteiger partial charge is 0.221 e. The molecule has 0 radical (unpaired) electrons. The van der Waals surface area contributed by atoms with Crippen LogP contribution in [-0.2, 0) is 4.79 Å². The summed E-state index contributed by atoms with van der Waals surface area (Å²) in [6, 6.07) is 7.72. The van der Waals surface area contributed by atoms with E-state index in [0.717, 1.165) is 48.9 Å². The van der Waals surface area contributed by atoms with E-state index in [0.29, 0.717) is 0 Å². The Morgan fingerprint density at radius 2 is 1.59 bits per heavy atom. The van der Waals surface area contributed by atoms with Gasteiger partial charge in [-0.05, 0) is 38.1 Å². The van der Waals surface area contributed by atoms with E-state index < -0.39 is 0 Å². The fourth-order valence-corrected chi connectivity index (χ4v) is 4.06. The van der Waals surface area contributed by atoms with Crippen molar-refractivity contribution in [1.82, 2.24) is 19.8 Å². The standard InChI is InChI=1S/C22H30N6O/c1-18(29)24-20-6-4-19(5-7-20)21-16-23-17-22(25-21)28-14-12-27(13-15-28)11-10-26-8-2-3-9-26/h4-7,16-17H,2-3,8-15H2,1H3,(H,24,29). The first-order valence-electron chi connectivity index (χ1n) is 10.6. The summed E-state index contributed by atoms with van der Waals surface area (Å²) in [4.78, 5) is 27.9. The Hall–Kier alpha value is -2.51. The molecule has 0 spiro atoms. The third kappa shape index (κ3) is 5.31. The van der Waals surface area contributed by atoms with E-state index in [2.05, 4.69) is 25.0 Å². The zero-order valence-electron chi connectivity index (χ0n) is 17.2. The van der Waals surface area contributed by atoms with Crippen molar-refractivity contribution in [2.75, 3.05) is 62.6 Å². The lowest BCUT2D eigenvalue weighted by Gasteiger charge is -2.36. The molecule has 29 heavy (non-hydrogen) atoms. The second-order valence-corrected chi connectivity index (χ2v) is 7.90. The molecule has 0 saturated carbocycles. The Morgan fingerprint density at radius 3 is 2.24 bits per heavy atom. The predicted octanol–water partition coefficient (Wildman–Crippen LogP) is 2.32. The van der Waals surface area contributed by atoms with Crippen molar-refractivity contribution >= 4 is 17.4 Å². The van der Waals surface area contributed by atoms with Crippen molar-refractivity contribution in [3.05, 3.63) is 36.7 Å². The van der Waals surface area contributed by atoms with Crippen LogP contribution in [0.4, 0.5) is 11.5 Å². The number of hydrogen-bond donors (Lipinski definition) is 1. The zero-order valence-corrected chi connectivity index (χ0v) is 17.2. The number of piperazine rings is 1. The number of nitrogens with one attached hydrogen (secondary N) is 1. The summed E-state index contributed by atoms with van der Waals surface area (Å²) in [5, 5.41) is 2.79. The molecule has 2 aliphatic heterocycles. The summed E-state index contributed by atoms with van der Waals surface area (Å²) in [6.07, 6.45) is 6.37. The summed E-state index contributed by atoms with van der Waals surface area (Å²) < 4.78 is 0. The highest BCUT2D eigenvalue weighted by Gasteiger charge is 2.20. The SMILES string of the molecule is CC(=O)Nc1ccc(-c2cncc(N3CCN(CCN4CCCC4)CC3)n2)cc1. The van der Waals surface area contributed by atoms with Gasteiger partial charge in [-0.2, -0.15) is 0 Å². The number of likely N-dealkylation sites (tertiary alicyclic amines) is 1. The van der Waals surface area contributed by atoms with Gasteiger partial charge >= 0.3 is 0 Å². The highest BCUT2D eigenvalue weighted by Crippen LogP contribution is 2.22. The molecule has 4 rings (SSSR count). The molecule has 0 aliphatic carbocycles. The lowest BCUT2D eigenvalue weighted by Crippen LogP contribution is -2.48. The minimum atomic E-state index is -0.0703. The van der Waals surface area contributed by atoms with Crippen LogP contribution in [0.2, 0.25) is 0 Å². The maximum absolute atomic E-state index is 11.2. The molecule has 2 fully saturated rings. The molecular formula is C22H30N6O. The van der Waals surface area contributed by atoms with Crippen LogP contribution in [-0.4, -0.2) is 78.0 Å². The highest BCUT2D eigenvalue weighted by molar-refractivity contribution is 5.88. The quantitative estimate of drug-likeness (QED) is 0.811. The summed E-state index contributed by atoms with van der Waals surface area (Å²) >= 11 is 0. The number of carbonyl (C=O) groups excluding carboxylic acids is 1. The van der Waals surface area contributed by atoms with Gasteiger partial charge in [-0.15, -0.1) is 0 Å². The Labute approximate surface area is 172 Å². The van der Waals surface area contributed by atoms with Crippen molar-refractivity contribution in [2.45, 2.75) is 19.8 Å². The van der Waals surface area contributed by atoms with Crippen molar-refractivity contribution < 1.29 is 4.79 Å². The molecule has 1 aromatic heterocycles. The Kier molecular flexibility index (Phi) is 6.36. The van der Waals surface area contributed by atoms with Gasteiger partial charge < -0.3 is 15.1 Å². The zero-order chi connectivity index (χ0) is 20.1. The monoisotopic (exact) mass is 394 g/mol. The Bertz CT molecular complexity index is 810. The van der Waals surface area contributed by atoms with E-state index in [1.807, 2.05) is 30.5 Å². The molecule has 0 unspecified atom stereocenters. The summed E-state index contributed by atoms with van der Waals surface area (Å²) in [5.41, 5.74) is 2.64. The number of aromatic nitrogens is 2. The van der Waals surface area contributed by atoms with E-state index in [9.17, 15) is 4.79 Å². The van der Waals surface area contributed by atoms with Gasteiger partial charge in [0, 0.05) is 57.4 Å². The Balaban J connectivity index is 1.33. The van der Waals surface area contributed by atoms with Crippen LogP contribution >= 0.6 is 0 Å². The summed E-state index contributed by atoms with van der Waals surface area (Å²) in [7, 11) is 0. The van der Waals surface area contributed by atoms with E-state index in [4.69, 9.17) is 4.98 Å². The molecule has 154 valence electrons. The average molecular weight is 395 g/mol. The first kappa shape index (κ1) is 19.8. The summed E-state index contributed by atoms with van der Waals surface area (Å²) in [6.45, 7) is 10.5. The van der Waals surface area contributed by atoms with Gasteiger partial charge in [0.25, 0.3) is 0 Å². The fraction of sp³-hybridized carbons (Fsp3) is 0.500. The predicted molar refractivity (Wildman–Crippen MR) is 116 cm³/mol. The topological polar surface area (TPSA) is 64.6 Å². The molecule has 7 heteroatoms. The molecule has 0 atom stereocenters. The highest BCUT2D eigenvalue weighted by atomic mass is 16.1. The molecule has 7 nitrogen and oxygen atoms in total. The molecule has 2 saturated heterocycles. The lowest BCUT2D eigenvalue weighted by atomic mass is 10.1. The number of rotatable bonds is 6. The van der Waals surface area contributed by atoms with Crippen LogP contribution in [0.1, 0.15) is 19.8 Å². The molecule has 2 aliphatic rings. The fourth-order valence-electron chi connectivity index (χ4n) is 4.06. The van der Waals surface area contributed by atoms with Gasteiger partial charge in [0.2, 0.25) is 5.91 Å². The van der Waals surface area contributed by atoms with Crippen LogP contribution in [0.3, 0.4) is 0 Å². The molecule has 3 heterocycles. The number of nitrogens with zero attached hydrogens (tertiary/aromatic N) is 5. The maximum atomic E-state index is 11.2. The van der Waals surface area contributed by atoms with Gasteiger partial charge in [0.1, 0.15) is 5.82 Å². The number of benzene rings is 1. The van der Waals surface area contributed by atoms with Crippen molar-refractivity contribution in [3.63, 3.8) is 0 Å². The molecule has 2 aromatic rings. The van der Waals surface area contributed by atoms with Crippen LogP contribution in [0.5, 0.6) is 0 Å². The van der Waals surface area contributed by atoms with Crippen LogP contribution in [0, 0.1) is 0 Å². The van der Waals surface area contributed by atoms with Gasteiger partial charge in [-0.1, -0.05) is 12.1 Å². The third-order valence-electron chi connectivity index (χ3n) is 5.75. The van der Waals surface area contributed by atoms with E-state index in [1.54, 1.807) is 6.20 Å². The van der Waals surface area contributed by atoms with Crippen LogP contribution in [0.25, 0.3) is 11.3 Å². The molecule has 1 aromatic carbocycles. The van der Waals surface area contributed by atoms with Gasteiger partial charge in [-0.3, -0.25) is 14.7 Å². The molecule has 1 N–H and O–H groups in total. The average Bonchev–Trinajstić information content (AvgIpc) is 3.27. The number of carbonyl (C=O) groups is 1. The second-order valence-electron chi connectivity index (χ2n) is 7.90. The lowest BCUT2D eigenvalue weighted by molar-refractivity contribution is -0.114. The maximum Gasteiger partial charge on any atom is 0.221 e. The number of hydrogen-bond acceptors (Lipinski definition) is 6. The van der Waals surface area contributed by atoms with Crippen molar-refractivity contribution in [1.29, 1.82) is 0 Å². The van der Waals surface area contributed by atoms with Crippen molar-refractivity contribution in [3.8, 4) is 11.3 Å². The first-order chi connectivity index (χ1) is 14.2. The normalized spacial score (nSPS) is 18.2. The molecule has 1 amide bonds. The van der Waals surface area contributed by atoms with Gasteiger partial charge in [0.15, 0.2) is 0 Å². The largest absolute Gasteiger partial charge is 0.353 e. The Morgan fingerprint density at radius 1 is 0.931 bits per heavy atom. The minimum Gasteiger partial charge on any atom is -0.353 e.